The summed E-state index contributed by atoms with van der Waals surface area (Å²) in [5, 5.41) is 6.45. The minimum atomic E-state index is 0.163. The van der Waals surface area contributed by atoms with Crippen LogP contribution < -0.4 is 11.2 Å². The number of benzene rings is 2. The molecule has 0 amide bonds. The van der Waals surface area contributed by atoms with Crippen molar-refractivity contribution in [3.63, 3.8) is 0 Å². The molecule has 0 saturated heterocycles. The predicted molar refractivity (Wildman–Crippen MR) is 71.5 cm³/mol. The average Bonchev–Trinajstić information content (AvgIpc) is 2.29. The normalized spacial score (nSPS) is 10.8. The van der Waals surface area contributed by atoms with Crippen LogP contribution in [0.2, 0.25) is 0 Å². The Bertz CT molecular complexity index is 543. The highest BCUT2D eigenvalue weighted by molar-refractivity contribution is 7.80. The maximum atomic E-state index is 5.28. The molecule has 0 aromatic heterocycles. The number of rotatable bonds is 2. The van der Waals surface area contributed by atoms with Crippen molar-refractivity contribution in [1.29, 1.82) is 0 Å². The first-order valence-electron chi connectivity index (χ1n) is 4.83. The van der Waals surface area contributed by atoms with Crippen LogP contribution in [0.3, 0.4) is 0 Å². The molecule has 0 atom stereocenters. The first-order valence-corrected chi connectivity index (χ1v) is 5.24. The summed E-state index contributed by atoms with van der Waals surface area (Å²) in [7, 11) is 0. The van der Waals surface area contributed by atoms with Crippen molar-refractivity contribution in [3.05, 3.63) is 48.0 Å². The first kappa shape index (κ1) is 10.6. The van der Waals surface area contributed by atoms with Gasteiger partial charge in [0.05, 0.1) is 6.21 Å². The van der Waals surface area contributed by atoms with Gasteiger partial charge in [-0.15, -0.1) is 0 Å². The Morgan fingerprint density at radius 3 is 2.75 bits per heavy atom. The van der Waals surface area contributed by atoms with Crippen LogP contribution >= 0.6 is 12.2 Å². The van der Waals surface area contributed by atoms with Gasteiger partial charge in [-0.1, -0.05) is 42.5 Å². The largest absolute Gasteiger partial charge is 0.375 e. The van der Waals surface area contributed by atoms with E-state index in [1.165, 1.54) is 5.39 Å². The average molecular weight is 229 g/mol. The third-order valence-electron chi connectivity index (χ3n) is 2.20. The highest BCUT2D eigenvalue weighted by Gasteiger charge is 1.96. The molecule has 0 aliphatic heterocycles. The van der Waals surface area contributed by atoms with Crippen LogP contribution in [0.25, 0.3) is 10.8 Å². The standard InChI is InChI=1S/C12H11N3S/c13-12(16)15-14-8-10-6-3-5-9-4-1-2-7-11(9)10/h1-8H,(H3,13,15,16)/b14-8+. The quantitative estimate of drug-likeness (QED) is 0.470. The van der Waals surface area contributed by atoms with Crippen LogP contribution in [0.4, 0.5) is 0 Å². The first-order chi connectivity index (χ1) is 7.77. The Morgan fingerprint density at radius 2 is 1.94 bits per heavy atom. The van der Waals surface area contributed by atoms with E-state index in [1.54, 1.807) is 6.21 Å². The number of fused-ring (bicyclic) bond motifs is 1. The Labute approximate surface area is 99.0 Å². The summed E-state index contributed by atoms with van der Waals surface area (Å²) in [6.07, 6.45) is 1.71. The summed E-state index contributed by atoms with van der Waals surface area (Å²) in [5.41, 5.74) is 8.84. The lowest BCUT2D eigenvalue weighted by atomic mass is 10.1. The number of nitrogens with one attached hydrogen (secondary N) is 1. The van der Waals surface area contributed by atoms with E-state index in [9.17, 15) is 0 Å². The lowest BCUT2D eigenvalue weighted by molar-refractivity contribution is 1.04. The van der Waals surface area contributed by atoms with E-state index >= 15 is 0 Å². The molecule has 2 rings (SSSR count). The van der Waals surface area contributed by atoms with Gasteiger partial charge in [-0.05, 0) is 23.0 Å². The zero-order valence-corrected chi connectivity index (χ0v) is 9.37. The van der Waals surface area contributed by atoms with Gasteiger partial charge in [-0.2, -0.15) is 5.10 Å². The summed E-state index contributed by atoms with van der Waals surface area (Å²) >= 11 is 4.66. The van der Waals surface area contributed by atoms with E-state index in [0.29, 0.717) is 0 Å². The van der Waals surface area contributed by atoms with E-state index in [2.05, 4.69) is 40.9 Å². The van der Waals surface area contributed by atoms with Crippen LogP contribution in [-0.4, -0.2) is 11.3 Å². The van der Waals surface area contributed by atoms with Crippen molar-refractivity contribution in [2.24, 2.45) is 10.8 Å². The molecule has 4 heteroatoms. The van der Waals surface area contributed by atoms with Crippen molar-refractivity contribution < 1.29 is 0 Å². The second kappa shape index (κ2) is 4.72. The number of nitrogens with two attached hydrogens (primary N) is 1. The van der Waals surface area contributed by atoms with Gasteiger partial charge in [-0.3, -0.25) is 5.43 Å². The molecule has 0 radical (unpaired) electrons. The Hall–Kier alpha value is -1.94. The molecule has 0 saturated carbocycles. The summed E-state index contributed by atoms with van der Waals surface area (Å²) < 4.78 is 0. The van der Waals surface area contributed by atoms with Gasteiger partial charge in [0.25, 0.3) is 0 Å². The van der Waals surface area contributed by atoms with E-state index in [-0.39, 0.29) is 5.11 Å². The fraction of sp³-hybridized carbons (Fsp3) is 0. The van der Waals surface area contributed by atoms with Gasteiger partial charge in [-0.25, -0.2) is 0 Å². The fourth-order valence-electron chi connectivity index (χ4n) is 1.53. The van der Waals surface area contributed by atoms with Crippen LogP contribution in [0.1, 0.15) is 5.56 Å². The molecule has 0 unspecified atom stereocenters. The number of hydrogen-bond donors (Lipinski definition) is 2. The summed E-state index contributed by atoms with van der Waals surface area (Å²) in [4.78, 5) is 0. The lowest BCUT2D eigenvalue weighted by Gasteiger charge is -2.01. The van der Waals surface area contributed by atoms with Gasteiger partial charge >= 0.3 is 0 Å². The highest BCUT2D eigenvalue weighted by atomic mass is 32.1. The van der Waals surface area contributed by atoms with E-state index in [1.807, 2.05) is 24.3 Å². The molecule has 0 heterocycles. The fourth-order valence-corrected chi connectivity index (χ4v) is 1.58. The lowest BCUT2D eigenvalue weighted by Crippen LogP contribution is -2.23. The topological polar surface area (TPSA) is 50.4 Å². The Kier molecular flexibility index (Phi) is 3.12. The van der Waals surface area contributed by atoms with Crippen molar-refractivity contribution >= 4 is 34.3 Å². The molecule has 80 valence electrons. The third-order valence-corrected chi connectivity index (χ3v) is 2.29. The minimum absolute atomic E-state index is 0.163. The molecule has 16 heavy (non-hydrogen) atoms. The van der Waals surface area contributed by atoms with Gasteiger partial charge in [0.1, 0.15) is 0 Å². The molecule has 0 fully saturated rings. The summed E-state index contributed by atoms with van der Waals surface area (Å²) in [6, 6.07) is 14.2. The van der Waals surface area contributed by atoms with Gasteiger partial charge in [0.15, 0.2) is 5.11 Å². The second-order valence-electron chi connectivity index (χ2n) is 3.30. The highest BCUT2D eigenvalue weighted by Crippen LogP contribution is 2.16. The van der Waals surface area contributed by atoms with E-state index in [0.717, 1.165) is 10.9 Å². The number of thiocarbonyl (C=S) groups is 1. The zero-order valence-electron chi connectivity index (χ0n) is 8.55. The van der Waals surface area contributed by atoms with Gasteiger partial charge < -0.3 is 5.73 Å². The Morgan fingerprint density at radius 1 is 1.19 bits per heavy atom. The van der Waals surface area contributed by atoms with Crippen molar-refractivity contribution in [1.82, 2.24) is 5.43 Å². The van der Waals surface area contributed by atoms with Crippen LogP contribution in [0, 0.1) is 0 Å². The maximum absolute atomic E-state index is 5.28. The number of hydrazone groups is 1. The minimum Gasteiger partial charge on any atom is -0.375 e. The SMILES string of the molecule is NC(=S)N/N=C/c1cccc2ccccc12. The third kappa shape index (κ3) is 2.35. The molecule has 2 aromatic carbocycles. The van der Waals surface area contributed by atoms with Crippen LogP contribution in [-0.2, 0) is 0 Å². The summed E-state index contributed by atoms with van der Waals surface area (Å²) in [5.74, 6) is 0. The molecule has 0 aliphatic carbocycles. The molecular weight excluding hydrogens is 218 g/mol. The van der Waals surface area contributed by atoms with Crippen LogP contribution in [0.15, 0.2) is 47.6 Å². The maximum Gasteiger partial charge on any atom is 0.184 e. The molecule has 3 nitrogen and oxygen atoms in total. The van der Waals surface area contributed by atoms with Gasteiger partial charge in [0, 0.05) is 5.56 Å². The predicted octanol–water partition coefficient (Wildman–Crippen LogP) is 2.01. The number of hydrogen-bond acceptors (Lipinski definition) is 2. The van der Waals surface area contributed by atoms with E-state index in [4.69, 9.17) is 5.73 Å². The molecular formula is C12H11N3S. The number of nitrogens with zero attached hydrogens (tertiary/aromatic N) is 1. The molecule has 0 bridgehead atoms. The molecule has 3 N–H and O–H groups in total. The van der Waals surface area contributed by atoms with Gasteiger partial charge in [0.2, 0.25) is 0 Å². The van der Waals surface area contributed by atoms with Crippen LogP contribution in [0.5, 0.6) is 0 Å². The molecule has 2 aromatic rings. The second-order valence-corrected chi connectivity index (χ2v) is 3.74. The van der Waals surface area contributed by atoms with E-state index < -0.39 is 0 Å². The van der Waals surface area contributed by atoms with Crippen molar-refractivity contribution in [2.45, 2.75) is 0 Å². The monoisotopic (exact) mass is 229 g/mol. The summed E-state index contributed by atoms with van der Waals surface area (Å²) in [6.45, 7) is 0. The smallest absolute Gasteiger partial charge is 0.184 e. The van der Waals surface area contributed by atoms with Crippen molar-refractivity contribution in [2.75, 3.05) is 0 Å². The zero-order chi connectivity index (χ0) is 11.4. The molecule has 0 aliphatic rings. The van der Waals surface area contributed by atoms with Crippen molar-refractivity contribution in [3.8, 4) is 0 Å². The molecule has 0 spiro atoms. The Balaban J connectivity index is 2.37.